The van der Waals surface area contributed by atoms with Gasteiger partial charge in [-0.15, -0.1) is 0 Å². The van der Waals surface area contributed by atoms with Crippen LogP contribution in [0.25, 0.3) is 35.1 Å². The largest absolute Gasteiger partial charge is 0.311 e. The van der Waals surface area contributed by atoms with Crippen LogP contribution in [0.2, 0.25) is 0 Å². The predicted octanol–water partition coefficient (Wildman–Crippen LogP) is 13.9. The van der Waals surface area contributed by atoms with Crippen molar-refractivity contribution in [3.05, 3.63) is 228 Å². The van der Waals surface area contributed by atoms with E-state index in [1.54, 1.807) is 0 Å². The van der Waals surface area contributed by atoms with Gasteiger partial charge in [0.1, 0.15) is 12.1 Å². The number of fused-ring (bicyclic) bond motifs is 1. The number of nitriles is 2. The Morgan fingerprint density at radius 2 is 0.589 bits per heavy atom. The summed E-state index contributed by atoms with van der Waals surface area (Å²) >= 11 is 0. The zero-order chi connectivity index (χ0) is 38.1. The number of rotatable bonds is 10. The van der Waals surface area contributed by atoms with Gasteiger partial charge in [0.25, 0.3) is 0 Å². The number of hydrogen-bond donors (Lipinski definition) is 0. The number of hydrogen-bond acceptors (Lipinski definition) is 4. The minimum atomic E-state index is 0.540. The summed E-state index contributed by atoms with van der Waals surface area (Å²) in [6.45, 7) is 0. The van der Waals surface area contributed by atoms with Gasteiger partial charge in [0.05, 0.1) is 11.1 Å². The monoisotopic (exact) mass is 716 g/mol. The first-order chi connectivity index (χ1) is 27.7. The smallest absolute Gasteiger partial charge is 0.100 e. The molecular formula is C52H36N4. The molecule has 0 fully saturated rings. The lowest BCUT2D eigenvalue weighted by atomic mass is 9.93. The Morgan fingerprint density at radius 1 is 0.304 bits per heavy atom. The van der Waals surface area contributed by atoms with Gasteiger partial charge in [-0.05, 0) is 95.1 Å². The highest BCUT2D eigenvalue weighted by atomic mass is 15.1. The van der Waals surface area contributed by atoms with E-state index >= 15 is 0 Å². The van der Waals surface area contributed by atoms with E-state index in [1.807, 2.05) is 121 Å². The standard InChI is InChI=1S/C52H36N4/c53-37-51-41(27-21-39-23-31-47(32-24-39)55(43-13-5-1-6-14-43)44-15-7-2-8-16-44)29-35-50-49(51)36-30-42(52(50)38-54)28-22-40-25-33-48(34-26-40)56(45-17-9-3-10-18-45)46-19-11-4-12-20-46/h1-36H/b27-21-,28-22+. The molecule has 0 aliphatic carbocycles. The van der Waals surface area contributed by atoms with Crippen molar-refractivity contribution in [3.63, 3.8) is 0 Å². The number of nitrogens with zero attached hydrogens (tertiary/aromatic N) is 4. The van der Waals surface area contributed by atoms with E-state index in [9.17, 15) is 10.5 Å². The van der Waals surface area contributed by atoms with Gasteiger partial charge in [0.15, 0.2) is 0 Å². The van der Waals surface area contributed by atoms with E-state index in [1.165, 1.54) is 0 Å². The molecule has 264 valence electrons. The Bertz CT molecular complexity index is 2450. The van der Waals surface area contributed by atoms with Crippen molar-refractivity contribution in [2.75, 3.05) is 9.80 Å². The highest BCUT2D eigenvalue weighted by Gasteiger charge is 2.14. The van der Waals surface area contributed by atoms with Gasteiger partial charge in [-0.1, -0.05) is 146 Å². The van der Waals surface area contributed by atoms with Crippen LogP contribution in [-0.4, -0.2) is 0 Å². The van der Waals surface area contributed by atoms with Crippen LogP contribution in [0.3, 0.4) is 0 Å². The molecule has 8 aromatic carbocycles. The molecule has 56 heavy (non-hydrogen) atoms. The zero-order valence-electron chi connectivity index (χ0n) is 30.6. The predicted molar refractivity (Wildman–Crippen MR) is 233 cm³/mol. The normalized spacial score (nSPS) is 11.0. The van der Waals surface area contributed by atoms with Crippen LogP contribution in [0.4, 0.5) is 34.1 Å². The number of benzene rings is 8. The maximum absolute atomic E-state index is 10.3. The molecule has 0 atom stereocenters. The first-order valence-corrected chi connectivity index (χ1v) is 18.5. The summed E-state index contributed by atoms with van der Waals surface area (Å²) in [5, 5.41) is 22.2. The van der Waals surface area contributed by atoms with Crippen molar-refractivity contribution in [1.29, 1.82) is 10.5 Å². The molecule has 0 spiro atoms. The van der Waals surface area contributed by atoms with Crippen LogP contribution < -0.4 is 9.80 Å². The van der Waals surface area contributed by atoms with Crippen molar-refractivity contribution in [2.45, 2.75) is 0 Å². The Kier molecular flexibility index (Phi) is 10.3. The molecule has 4 nitrogen and oxygen atoms in total. The Hall–Kier alpha value is -7.92. The average Bonchev–Trinajstić information content (AvgIpc) is 3.27. The van der Waals surface area contributed by atoms with E-state index in [0.717, 1.165) is 67.2 Å². The molecule has 0 radical (unpaired) electrons. The number of para-hydroxylation sites is 4. The maximum atomic E-state index is 10.3. The molecule has 0 aliphatic rings. The minimum absolute atomic E-state index is 0.540. The van der Waals surface area contributed by atoms with Gasteiger partial charge < -0.3 is 9.80 Å². The molecule has 0 aliphatic heterocycles. The summed E-state index contributed by atoms with van der Waals surface area (Å²) in [6, 6.07) is 70.6. The third-order valence-corrected chi connectivity index (χ3v) is 9.76. The Morgan fingerprint density at radius 3 is 0.875 bits per heavy atom. The van der Waals surface area contributed by atoms with E-state index in [-0.39, 0.29) is 0 Å². The SMILES string of the molecule is N#Cc1c(/C=C\c2ccc(N(c3ccccc3)c3ccccc3)cc2)ccc2c(C#N)c(/C=C/c3ccc(N(c4ccccc4)c4ccccc4)cc3)ccc12. The summed E-state index contributed by atoms with van der Waals surface area (Å²) in [5.74, 6) is 0. The first-order valence-electron chi connectivity index (χ1n) is 18.5. The Balaban J connectivity index is 1.03. The molecule has 0 bridgehead atoms. The fraction of sp³-hybridized carbons (Fsp3) is 0. The van der Waals surface area contributed by atoms with Gasteiger partial charge in [-0.25, -0.2) is 0 Å². The third kappa shape index (κ3) is 7.45. The van der Waals surface area contributed by atoms with Gasteiger partial charge in [-0.2, -0.15) is 10.5 Å². The second kappa shape index (κ2) is 16.4. The van der Waals surface area contributed by atoms with Gasteiger partial charge >= 0.3 is 0 Å². The second-order valence-electron chi connectivity index (χ2n) is 13.2. The molecule has 8 rings (SSSR count). The molecule has 0 unspecified atom stereocenters. The summed E-state index contributed by atoms with van der Waals surface area (Å²) in [4.78, 5) is 4.45. The molecule has 0 N–H and O–H groups in total. The summed E-state index contributed by atoms with van der Waals surface area (Å²) in [5.41, 5.74) is 11.1. The van der Waals surface area contributed by atoms with Crippen molar-refractivity contribution in [1.82, 2.24) is 0 Å². The molecule has 0 amide bonds. The zero-order valence-corrected chi connectivity index (χ0v) is 30.6. The lowest BCUT2D eigenvalue weighted by Crippen LogP contribution is -2.09. The van der Waals surface area contributed by atoms with Crippen LogP contribution in [0, 0.1) is 22.7 Å². The fourth-order valence-corrected chi connectivity index (χ4v) is 7.01. The van der Waals surface area contributed by atoms with Crippen LogP contribution >= 0.6 is 0 Å². The van der Waals surface area contributed by atoms with E-state index < -0.39 is 0 Å². The molecule has 0 aromatic heterocycles. The van der Waals surface area contributed by atoms with Crippen LogP contribution in [0.1, 0.15) is 33.4 Å². The van der Waals surface area contributed by atoms with Gasteiger partial charge in [0, 0.05) is 44.9 Å². The maximum Gasteiger partial charge on any atom is 0.100 e. The van der Waals surface area contributed by atoms with Gasteiger partial charge in [0.2, 0.25) is 0 Å². The van der Waals surface area contributed by atoms with Gasteiger partial charge in [-0.3, -0.25) is 0 Å². The highest BCUT2D eigenvalue weighted by Crippen LogP contribution is 2.36. The Labute approximate surface area is 328 Å². The molecule has 8 aromatic rings. The summed E-state index contributed by atoms with van der Waals surface area (Å²) < 4.78 is 0. The van der Waals surface area contributed by atoms with Crippen molar-refractivity contribution in [3.8, 4) is 12.1 Å². The van der Waals surface area contributed by atoms with Crippen LogP contribution in [0.5, 0.6) is 0 Å². The lowest BCUT2D eigenvalue weighted by molar-refractivity contribution is 1.28. The van der Waals surface area contributed by atoms with E-state index in [0.29, 0.717) is 11.1 Å². The fourth-order valence-electron chi connectivity index (χ4n) is 7.01. The quantitative estimate of drug-likeness (QED) is 0.132. The molecule has 0 saturated carbocycles. The van der Waals surface area contributed by atoms with Crippen molar-refractivity contribution >= 4 is 69.2 Å². The first kappa shape index (κ1) is 35.1. The summed E-state index contributed by atoms with van der Waals surface area (Å²) in [6.07, 6.45) is 7.99. The van der Waals surface area contributed by atoms with Crippen LogP contribution in [-0.2, 0) is 0 Å². The molecule has 0 saturated heterocycles. The van der Waals surface area contributed by atoms with Crippen LogP contribution in [0.15, 0.2) is 194 Å². The number of anilines is 6. The topological polar surface area (TPSA) is 54.1 Å². The highest BCUT2D eigenvalue weighted by molar-refractivity contribution is 5.98. The summed E-state index contributed by atoms with van der Waals surface area (Å²) in [7, 11) is 0. The van der Waals surface area contributed by atoms with E-state index in [4.69, 9.17) is 0 Å². The van der Waals surface area contributed by atoms with Crippen molar-refractivity contribution < 1.29 is 0 Å². The van der Waals surface area contributed by atoms with E-state index in [2.05, 4.69) is 119 Å². The third-order valence-electron chi connectivity index (χ3n) is 9.76. The molecular weight excluding hydrogens is 681 g/mol. The minimum Gasteiger partial charge on any atom is -0.311 e. The lowest BCUT2D eigenvalue weighted by Gasteiger charge is -2.25. The van der Waals surface area contributed by atoms with Crippen molar-refractivity contribution in [2.24, 2.45) is 0 Å². The molecule has 4 heteroatoms. The second-order valence-corrected chi connectivity index (χ2v) is 13.2. The molecule has 0 heterocycles. The average molecular weight is 717 g/mol.